The number of hydrogen-bond acceptors (Lipinski definition) is 3. The van der Waals surface area contributed by atoms with Crippen molar-refractivity contribution in [3.63, 3.8) is 0 Å². The summed E-state index contributed by atoms with van der Waals surface area (Å²) in [5.41, 5.74) is 1.67. The van der Waals surface area contributed by atoms with Crippen molar-refractivity contribution in [2.75, 3.05) is 0 Å². The van der Waals surface area contributed by atoms with E-state index in [1.165, 1.54) is 19.3 Å². The summed E-state index contributed by atoms with van der Waals surface area (Å²) < 4.78 is 0. The zero-order valence-corrected chi connectivity index (χ0v) is 17.2. The van der Waals surface area contributed by atoms with Crippen molar-refractivity contribution < 1.29 is 14.4 Å². The molecule has 4 rings (SSSR count). The highest BCUT2D eigenvalue weighted by atomic mass is 16.2. The second-order valence-corrected chi connectivity index (χ2v) is 8.28. The van der Waals surface area contributed by atoms with E-state index in [2.05, 4.69) is 5.32 Å². The molecule has 1 fully saturated rings. The van der Waals surface area contributed by atoms with E-state index in [1.54, 1.807) is 24.3 Å². The molecule has 5 heteroatoms. The van der Waals surface area contributed by atoms with Gasteiger partial charge in [-0.05, 0) is 30.5 Å². The number of benzene rings is 2. The molecule has 0 saturated heterocycles. The lowest BCUT2D eigenvalue weighted by Gasteiger charge is -2.29. The predicted molar refractivity (Wildman–Crippen MR) is 115 cm³/mol. The zero-order valence-electron chi connectivity index (χ0n) is 17.2. The number of carbonyl (C=O) groups is 3. The highest BCUT2D eigenvalue weighted by Crippen LogP contribution is 2.26. The van der Waals surface area contributed by atoms with Gasteiger partial charge in [0, 0.05) is 12.5 Å². The minimum atomic E-state index is -0.856. The first-order valence-electron chi connectivity index (χ1n) is 11.0. The molecule has 1 atom stereocenters. The fourth-order valence-electron chi connectivity index (χ4n) is 4.53. The van der Waals surface area contributed by atoms with Gasteiger partial charge in [0.05, 0.1) is 11.1 Å². The van der Waals surface area contributed by atoms with Crippen LogP contribution in [0.1, 0.15) is 71.2 Å². The molecule has 156 valence electrons. The van der Waals surface area contributed by atoms with Gasteiger partial charge in [0.1, 0.15) is 6.04 Å². The maximum absolute atomic E-state index is 13.4. The first kappa shape index (κ1) is 20.3. The van der Waals surface area contributed by atoms with Crippen LogP contribution in [0.3, 0.4) is 0 Å². The van der Waals surface area contributed by atoms with Gasteiger partial charge in [-0.15, -0.1) is 0 Å². The third-order valence-corrected chi connectivity index (χ3v) is 6.16. The summed E-state index contributed by atoms with van der Waals surface area (Å²) in [6.07, 6.45) is 8.05. The third kappa shape index (κ3) is 4.30. The Morgan fingerprint density at radius 3 is 1.97 bits per heavy atom. The molecule has 1 aliphatic heterocycles. The number of nitrogens with zero attached hydrogens (tertiary/aromatic N) is 1. The van der Waals surface area contributed by atoms with Crippen LogP contribution in [0, 0.1) is 0 Å². The van der Waals surface area contributed by atoms with Gasteiger partial charge in [0.15, 0.2) is 0 Å². The number of carbonyl (C=O) groups excluding carboxylic acids is 3. The van der Waals surface area contributed by atoms with Crippen LogP contribution in [0.4, 0.5) is 0 Å². The largest absolute Gasteiger partial charge is 0.352 e. The van der Waals surface area contributed by atoms with Crippen molar-refractivity contribution in [1.82, 2.24) is 10.2 Å². The van der Waals surface area contributed by atoms with E-state index in [9.17, 15) is 14.4 Å². The number of fused-ring (bicyclic) bond motifs is 1. The van der Waals surface area contributed by atoms with Crippen LogP contribution in [-0.4, -0.2) is 34.7 Å². The molecule has 1 saturated carbocycles. The maximum atomic E-state index is 13.4. The highest BCUT2D eigenvalue weighted by molar-refractivity contribution is 6.22. The van der Waals surface area contributed by atoms with Crippen LogP contribution < -0.4 is 5.32 Å². The van der Waals surface area contributed by atoms with Crippen LogP contribution in [0.5, 0.6) is 0 Å². The minimum Gasteiger partial charge on any atom is -0.352 e. The standard InChI is InChI=1S/C25H28N2O3/c28-23(26-19-13-7-2-1-3-8-14-19)22(17-18-11-5-4-6-12-18)27-24(29)20-15-9-10-16-21(20)25(27)30/h4-6,9-12,15-16,19,22H,1-3,7-8,13-14,17H2,(H,26,28)/t22-/m1/s1. The summed E-state index contributed by atoms with van der Waals surface area (Å²) >= 11 is 0. The fourth-order valence-corrected chi connectivity index (χ4v) is 4.53. The molecule has 30 heavy (non-hydrogen) atoms. The summed E-state index contributed by atoms with van der Waals surface area (Å²) in [5, 5.41) is 3.17. The molecule has 0 radical (unpaired) electrons. The minimum absolute atomic E-state index is 0.103. The zero-order chi connectivity index (χ0) is 20.9. The fraction of sp³-hybridized carbons (Fsp3) is 0.400. The van der Waals surface area contributed by atoms with E-state index in [0.717, 1.165) is 36.1 Å². The predicted octanol–water partition coefficient (Wildman–Crippen LogP) is 4.12. The second-order valence-electron chi connectivity index (χ2n) is 8.28. The lowest BCUT2D eigenvalue weighted by Crippen LogP contribution is -2.53. The second kappa shape index (κ2) is 9.24. The average Bonchev–Trinajstić information content (AvgIpc) is 2.99. The van der Waals surface area contributed by atoms with E-state index >= 15 is 0 Å². The van der Waals surface area contributed by atoms with Crippen LogP contribution in [0.2, 0.25) is 0 Å². The van der Waals surface area contributed by atoms with Gasteiger partial charge in [-0.25, -0.2) is 0 Å². The van der Waals surface area contributed by atoms with Crippen LogP contribution in [0.15, 0.2) is 54.6 Å². The normalized spacial score (nSPS) is 18.5. The molecule has 5 nitrogen and oxygen atoms in total. The lowest BCUT2D eigenvalue weighted by atomic mass is 9.96. The van der Waals surface area contributed by atoms with Gasteiger partial charge >= 0.3 is 0 Å². The van der Waals surface area contributed by atoms with Gasteiger partial charge in [-0.3, -0.25) is 19.3 Å². The van der Waals surface area contributed by atoms with Crippen LogP contribution in [-0.2, 0) is 11.2 Å². The van der Waals surface area contributed by atoms with Crippen LogP contribution in [0.25, 0.3) is 0 Å². The molecule has 1 heterocycles. The Morgan fingerprint density at radius 2 is 1.37 bits per heavy atom. The van der Waals surface area contributed by atoms with E-state index in [0.29, 0.717) is 17.5 Å². The first-order chi connectivity index (χ1) is 14.6. The Morgan fingerprint density at radius 1 is 0.833 bits per heavy atom. The lowest BCUT2D eigenvalue weighted by molar-refractivity contribution is -0.125. The average molecular weight is 405 g/mol. The van der Waals surface area contributed by atoms with Gasteiger partial charge in [-0.1, -0.05) is 74.6 Å². The van der Waals surface area contributed by atoms with E-state index in [-0.39, 0.29) is 23.8 Å². The molecule has 2 aliphatic rings. The van der Waals surface area contributed by atoms with E-state index in [4.69, 9.17) is 0 Å². The van der Waals surface area contributed by atoms with Gasteiger partial charge < -0.3 is 5.32 Å². The molecule has 0 aromatic heterocycles. The van der Waals surface area contributed by atoms with E-state index < -0.39 is 6.04 Å². The number of rotatable bonds is 5. The smallest absolute Gasteiger partial charge is 0.262 e. The molecular formula is C25H28N2O3. The van der Waals surface area contributed by atoms with E-state index in [1.807, 2.05) is 30.3 Å². The van der Waals surface area contributed by atoms with Gasteiger partial charge in [0.2, 0.25) is 5.91 Å². The Labute approximate surface area is 177 Å². The molecule has 1 aliphatic carbocycles. The molecular weight excluding hydrogens is 376 g/mol. The molecule has 1 N–H and O–H groups in total. The number of imide groups is 1. The number of hydrogen-bond donors (Lipinski definition) is 1. The summed E-state index contributed by atoms with van der Waals surface area (Å²) in [6, 6.07) is 15.6. The Bertz CT molecular complexity index is 882. The molecule has 3 amide bonds. The van der Waals surface area contributed by atoms with Crippen molar-refractivity contribution >= 4 is 17.7 Å². The topological polar surface area (TPSA) is 66.5 Å². The Hall–Kier alpha value is -2.95. The Balaban J connectivity index is 1.59. The third-order valence-electron chi connectivity index (χ3n) is 6.16. The maximum Gasteiger partial charge on any atom is 0.262 e. The van der Waals surface area contributed by atoms with Crippen molar-refractivity contribution in [3.8, 4) is 0 Å². The number of nitrogens with one attached hydrogen (secondary N) is 1. The highest BCUT2D eigenvalue weighted by Gasteiger charge is 2.42. The monoisotopic (exact) mass is 404 g/mol. The van der Waals surface area contributed by atoms with Gasteiger partial charge in [0.25, 0.3) is 11.8 Å². The SMILES string of the molecule is O=C(NC1CCCCCCC1)[C@@H](Cc1ccccc1)N1C(=O)c2ccccc2C1=O. The summed E-state index contributed by atoms with van der Waals surface area (Å²) in [7, 11) is 0. The molecule has 0 bridgehead atoms. The van der Waals surface area contributed by atoms with Crippen molar-refractivity contribution in [1.29, 1.82) is 0 Å². The molecule has 2 aromatic carbocycles. The quantitative estimate of drug-likeness (QED) is 0.762. The van der Waals surface area contributed by atoms with Crippen LogP contribution >= 0.6 is 0 Å². The Kier molecular flexibility index (Phi) is 6.26. The van der Waals surface area contributed by atoms with Crippen molar-refractivity contribution in [3.05, 3.63) is 71.3 Å². The summed E-state index contributed by atoms with van der Waals surface area (Å²) in [5.74, 6) is -1.01. The van der Waals surface area contributed by atoms with Crippen molar-refractivity contribution in [2.45, 2.75) is 63.5 Å². The summed E-state index contributed by atoms with van der Waals surface area (Å²) in [6.45, 7) is 0. The molecule has 0 unspecified atom stereocenters. The van der Waals surface area contributed by atoms with Gasteiger partial charge in [-0.2, -0.15) is 0 Å². The molecule has 2 aromatic rings. The summed E-state index contributed by atoms with van der Waals surface area (Å²) in [4.78, 5) is 40.7. The molecule has 0 spiro atoms. The first-order valence-corrected chi connectivity index (χ1v) is 11.0. The van der Waals surface area contributed by atoms with Crippen molar-refractivity contribution in [2.24, 2.45) is 0 Å². The number of amides is 3.